The first-order valence-electron chi connectivity index (χ1n) is 5.51. The van der Waals surface area contributed by atoms with Crippen LogP contribution in [0.15, 0.2) is 0 Å². The van der Waals surface area contributed by atoms with E-state index in [1.54, 1.807) is 6.07 Å². The van der Waals surface area contributed by atoms with Crippen LogP contribution in [0.2, 0.25) is 0 Å². The Labute approximate surface area is 114 Å². The van der Waals surface area contributed by atoms with Gasteiger partial charge >= 0.3 is 12.1 Å². The molecular formula is C12H12F3N3O2. The van der Waals surface area contributed by atoms with Crippen LogP contribution in [0.1, 0.15) is 33.1 Å². The Morgan fingerprint density at radius 3 is 1.90 bits per heavy atom. The number of nitriles is 3. The minimum atomic E-state index is -4.53. The first-order valence-corrected chi connectivity index (χ1v) is 5.51. The van der Waals surface area contributed by atoms with E-state index in [2.05, 4.69) is 0 Å². The molecule has 20 heavy (non-hydrogen) atoms. The number of carbonyl (C=O) groups excluding carboxylic acids is 1. The van der Waals surface area contributed by atoms with Gasteiger partial charge in [-0.25, -0.2) is 0 Å². The van der Waals surface area contributed by atoms with Gasteiger partial charge in [0.05, 0.1) is 18.6 Å². The fraction of sp³-hybridized carbons (Fsp3) is 0.667. The van der Waals surface area contributed by atoms with Crippen molar-refractivity contribution in [1.82, 2.24) is 0 Å². The minimum absolute atomic E-state index is 0.818. The Kier molecular flexibility index (Phi) is 5.54. The highest BCUT2D eigenvalue weighted by Crippen LogP contribution is 2.33. The highest BCUT2D eigenvalue weighted by atomic mass is 19.4. The number of ether oxygens (including phenoxy) is 1. The molecule has 0 aromatic rings. The molecule has 0 saturated heterocycles. The molecule has 0 N–H and O–H groups in total. The molecule has 0 aliphatic heterocycles. The molecule has 0 fully saturated rings. The van der Waals surface area contributed by atoms with Crippen molar-refractivity contribution in [2.24, 2.45) is 5.41 Å². The third-order valence-electron chi connectivity index (χ3n) is 2.35. The summed E-state index contributed by atoms with van der Waals surface area (Å²) in [6.07, 6.45) is -7.54. The number of hydrogen-bond donors (Lipinski definition) is 0. The zero-order chi connectivity index (χ0) is 16.0. The quantitative estimate of drug-likeness (QED) is 0.724. The van der Waals surface area contributed by atoms with Crippen molar-refractivity contribution in [3.05, 3.63) is 0 Å². The van der Waals surface area contributed by atoms with Gasteiger partial charge in [0, 0.05) is 6.42 Å². The van der Waals surface area contributed by atoms with Crippen LogP contribution in [-0.2, 0) is 9.53 Å². The maximum absolute atomic E-state index is 12.1. The predicted octanol–water partition coefficient (Wildman–Crippen LogP) is 2.60. The summed E-state index contributed by atoms with van der Waals surface area (Å²) in [5.41, 5.74) is -3.59. The van der Waals surface area contributed by atoms with Gasteiger partial charge in [-0.15, -0.1) is 0 Å². The van der Waals surface area contributed by atoms with Crippen molar-refractivity contribution in [3.63, 3.8) is 0 Å². The van der Waals surface area contributed by atoms with E-state index in [0.29, 0.717) is 0 Å². The van der Waals surface area contributed by atoms with Crippen LogP contribution in [0.25, 0.3) is 0 Å². The van der Waals surface area contributed by atoms with Gasteiger partial charge in [0.15, 0.2) is 11.0 Å². The summed E-state index contributed by atoms with van der Waals surface area (Å²) in [7, 11) is 0. The number of rotatable bonds is 5. The summed E-state index contributed by atoms with van der Waals surface area (Å²) in [5.74, 6) is -1.07. The second-order valence-corrected chi connectivity index (χ2v) is 4.69. The van der Waals surface area contributed by atoms with Crippen LogP contribution in [0, 0.1) is 39.4 Å². The van der Waals surface area contributed by atoms with E-state index in [-0.39, 0.29) is 0 Å². The van der Waals surface area contributed by atoms with Gasteiger partial charge in [-0.05, 0) is 20.3 Å². The molecule has 0 saturated carbocycles. The first kappa shape index (κ1) is 17.7. The molecule has 0 radical (unpaired) electrons. The second-order valence-electron chi connectivity index (χ2n) is 4.69. The van der Waals surface area contributed by atoms with E-state index >= 15 is 0 Å². The lowest BCUT2D eigenvalue weighted by Crippen LogP contribution is -2.30. The number of nitrogens with zero attached hydrogens (tertiary/aromatic N) is 3. The Morgan fingerprint density at radius 1 is 1.05 bits per heavy atom. The smallest absolute Gasteiger partial charge is 0.389 e. The van der Waals surface area contributed by atoms with Gasteiger partial charge in [0.25, 0.3) is 0 Å². The van der Waals surface area contributed by atoms with E-state index in [4.69, 9.17) is 20.5 Å². The first-order chi connectivity index (χ1) is 8.99. The van der Waals surface area contributed by atoms with Crippen molar-refractivity contribution in [2.45, 2.75) is 44.9 Å². The molecule has 0 atom stereocenters. The largest absolute Gasteiger partial charge is 0.444 e. The van der Waals surface area contributed by atoms with Crippen molar-refractivity contribution >= 4 is 5.97 Å². The van der Waals surface area contributed by atoms with E-state index < -0.39 is 42.4 Å². The van der Waals surface area contributed by atoms with Gasteiger partial charge in [-0.2, -0.15) is 29.0 Å². The lowest BCUT2D eigenvalue weighted by atomic mass is 9.83. The van der Waals surface area contributed by atoms with Gasteiger partial charge in [0.2, 0.25) is 0 Å². The van der Waals surface area contributed by atoms with E-state index in [9.17, 15) is 18.0 Å². The SMILES string of the molecule is CC(C)(C#N)OC(=O)CC(C#N)(C#N)CCC(F)(F)F. The summed E-state index contributed by atoms with van der Waals surface area (Å²) in [5, 5.41) is 26.4. The molecule has 0 spiro atoms. The molecule has 0 unspecified atom stereocenters. The van der Waals surface area contributed by atoms with Crippen LogP contribution in [-0.4, -0.2) is 17.7 Å². The zero-order valence-corrected chi connectivity index (χ0v) is 10.9. The Balaban J connectivity index is 4.89. The normalized spacial score (nSPS) is 11.9. The fourth-order valence-corrected chi connectivity index (χ4v) is 1.25. The van der Waals surface area contributed by atoms with Crippen LogP contribution < -0.4 is 0 Å². The molecule has 0 aliphatic carbocycles. The zero-order valence-electron chi connectivity index (χ0n) is 10.9. The van der Waals surface area contributed by atoms with Gasteiger partial charge in [-0.1, -0.05) is 0 Å². The number of halogens is 3. The van der Waals surface area contributed by atoms with Crippen LogP contribution in [0.4, 0.5) is 13.2 Å². The molecule has 108 valence electrons. The molecule has 0 aliphatic rings. The molecule has 0 heterocycles. The lowest BCUT2D eigenvalue weighted by molar-refractivity contribution is -0.155. The Bertz CT molecular complexity index is 478. The number of carbonyl (C=O) groups is 1. The predicted molar refractivity (Wildman–Crippen MR) is 59.3 cm³/mol. The Hall–Kier alpha value is -2.27. The molecule has 0 aromatic heterocycles. The molecule has 0 rings (SSSR count). The number of esters is 1. The molecule has 0 amide bonds. The number of alkyl halides is 3. The monoisotopic (exact) mass is 287 g/mol. The van der Waals surface area contributed by atoms with Gasteiger partial charge in [0.1, 0.15) is 6.07 Å². The summed E-state index contributed by atoms with van der Waals surface area (Å²) in [4.78, 5) is 11.5. The minimum Gasteiger partial charge on any atom is -0.444 e. The summed E-state index contributed by atoms with van der Waals surface area (Å²) in [6, 6.07) is 4.52. The van der Waals surface area contributed by atoms with Gasteiger partial charge < -0.3 is 4.74 Å². The third-order valence-corrected chi connectivity index (χ3v) is 2.35. The van der Waals surface area contributed by atoms with Crippen LogP contribution >= 0.6 is 0 Å². The van der Waals surface area contributed by atoms with Crippen LogP contribution in [0.5, 0.6) is 0 Å². The average Bonchev–Trinajstić information content (AvgIpc) is 2.33. The molecule has 5 nitrogen and oxygen atoms in total. The van der Waals surface area contributed by atoms with E-state index in [1.165, 1.54) is 26.0 Å². The third kappa shape index (κ3) is 6.06. The maximum Gasteiger partial charge on any atom is 0.389 e. The summed E-state index contributed by atoms with van der Waals surface area (Å²) < 4.78 is 41.1. The highest BCUT2D eigenvalue weighted by molar-refractivity contribution is 5.72. The highest BCUT2D eigenvalue weighted by Gasteiger charge is 2.40. The fourth-order valence-electron chi connectivity index (χ4n) is 1.25. The standard InChI is InChI=1S/C12H12F3N3O2/c1-10(2,6-16)20-9(19)5-11(7-17,8-18)3-4-12(13,14)15/h3-5H2,1-2H3. The number of hydrogen-bond acceptors (Lipinski definition) is 5. The van der Waals surface area contributed by atoms with E-state index in [0.717, 1.165) is 0 Å². The lowest BCUT2D eigenvalue weighted by Gasteiger charge is -2.21. The van der Waals surface area contributed by atoms with Crippen LogP contribution in [0.3, 0.4) is 0 Å². The maximum atomic E-state index is 12.1. The molecule has 0 bridgehead atoms. The average molecular weight is 287 g/mol. The molecule has 0 aromatic carbocycles. The van der Waals surface area contributed by atoms with Crippen molar-refractivity contribution < 1.29 is 22.7 Å². The summed E-state index contributed by atoms with van der Waals surface area (Å²) in [6.45, 7) is 2.56. The second kappa shape index (κ2) is 6.25. The Morgan fingerprint density at radius 2 is 1.55 bits per heavy atom. The van der Waals surface area contributed by atoms with Crippen molar-refractivity contribution in [1.29, 1.82) is 15.8 Å². The summed E-state index contributed by atoms with van der Waals surface area (Å²) >= 11 is 0. The van der Waals surface area contributed by atoms with Crippen molar-refractivity contribution in [3.8, 4) is 18.2 Å². The topological polar surface area (TPSA) is 97.7 Å². The van der Waals surface area contributed by atoms with Gasteiger partial charge in [-0.3, -0.25) is 4.79 Å². The molecule has 8 heteroatoms. The van der Waals surface area contributed by atoms with Crippen molar-refractivity contribution in [2.75, 3.05) is 0 Å². The molecular weight excluding hydrogens is 275 g/mol. The van der Waals surface area contributed by atoms with E-state index in [1.807, 2.05) is 0 Å².